The quantitative estimate of drug-likeness (QED) is 0.594. The Morgan fingerprint density at radius 1 is 1.25 bits per heavy atom. The lowest BCUT2D eigenvalue weighted by molar-refractivity contribution is 0.101. The van der Waals surface area contributed by atoms with Gasteiger partial charge in [-0.25, -0.2) is 0 Å². The van der Waals surface area contributed by atoms with Crippen molar-refractivity contribution >= 4 is 5.78 Å². The molecule has 0 saturated carbocycles. The van der Waals surface area contributed by atoms with Crippen LogP contribution in [-0.4, -0.2) is 10.8 Å². The van der Waals surface area contributed by atoms with Crippen LogP contribution >= 0.6 is 0 Å². The molecule has 0 bridgehead atoms. The van der Waals surface area contributed by atoms with E-state index in [9.17, 15) is 4.79 Å². The molecule has 0 saturated heterocycles. The fraction of sp³-hybridized carbons (Fsp3) is 0.400. The first-order chi connectivity index (χ1) is 5.52. The van der Waals surface area contributed by atoms with E-state index in [-0.39, 0.29) is 5.78 Å². The molecule has 0 aliphatic rings. The summed E-state index contributed by atoms with van der Waals surface area (Å²) in [6.45, 7) is 7.35. The Bertz CT molecular complexity index is 329. The van der Waals surface area contributed by atoms with Gasteiger partial charge in [-0.2, -0.15) is 0 Å². The third-order valence-corrected chi connectivity index (χ3v) is 2.04. The third-order valence-electron chi connectivity index (χ3n) is 2.04. The Kier molecular flexibility index (Phi) is 2.27. The number of nitrogens with zero attached hydrogens (tertiary/aromatic N) is 1. The molecule has 0 aliphatic carbocycles. The molecule has 0 aromatic carbocycles. The van der Waals surface area contributed by atoms with E-state index < -0.39 is 0 Å². The molecule has 0 atom stereocenters. The highest BCUT2D eigenvalue weighted by Gasteiger charge is 2.06. The number of Topliss-reactive ketones (excluding diaryl/α,β-unsaturated/α-hetero) is 1. The molecule has 0 aliphatic heterocycles. The highest BCUT2D eigenvalue weighted by Crippen LogP contribution is 2.11. The number of ketones is 1. The number of rotatable bonds is 1. The minimum atomic E-state index is 0.0862. The van der Waals surface area contributed by atoms with E-state index in [0.29, 0.717) is 0 Å². The minimum Gasteiger partial charge on any atom is -0.294 e. The number of carbonyl (C=O) groups excluding carboxylic acids is 1. The normalized spacial score (nSPS) is 10.0. The van der Waals surface area contributed by atoms with Gasteiger partial charge in [0.1, 0.15) is 0 Å². The predicted octanol–water partition coefficient (Wildman–Crippen LogP) is 2.21. The van der Waals surface area contributed by atoms with Crippen molar-refractivity contribution in [2.45, 2.75) is 27.7 Å². The molecular weight excluding hydrogens is 150 g/mol. The Balaban J connectivity index is 3.33. The first-order valence-electron chi connectivity index (χ1n) is 3.98. The molecule has 1 rings (SSSR count). The van der Waals surface area contributed by atoms with Gasteiger partial charge >= 0.3 is 0 Å². The third kappa shape index (κ3) is 1.52. The van der Waals surface area contributed by atoms with Crippen LogP contribution in [0.4, 0.5) is 0 Å². The van der Waals surface area contributed by atoms with Crippen LogP contribution in [0.5, 0.6) is 0 Å². The highest BCUT2D eigenvalue weighted by atomic mass is 16.1. The van der Waals surface area contributed by atoms with Gasteiger partial charge in [0.05, 0.1) is 0 Å². The summed E-state index contributed by atoms with van der Waals surface area (Å²) in [4.78, 5) is 15.4. The zero-order valence-electron chi connectivity index (χ0n) is 7.93. The lowest BCUT2D eigenvalue weighted by Crippen LogP contribution is -2.01. The van der Waals surface area contributed by atoms with Gasteiger partial charge in [0, 0.05) is 17.0 Å². The maximum absolute atomic E-state index is 11.1. The van der Waals surface area contributed by atoms with Crippen molar-refractivity contribution in [3.05, 3.63) is 28.6 Å². The molecule has 0 amide bonds. The van der Waals surface area contributed by atoms with E-state index in [0.717, 1.165) is 22.5 Å². The zero-order chi connectivity index (χ0) is 9.30. The second kappa shape index (κ2) is 3.05. The van der Waals surface area contributed by atoms with E-state index in [2.05, 4.69) is 4.98 Å². The number of aromatic nitrogens is 1. The van der Waals surface area contributed by atoms with E-state index in [1.807, 2.05) is 26.8 Å². The van der Waals surface area contributed by atoms with Crippen LogP contribution in [0.15, 0.2) is 6.07 Å². The Labute approximate surface area is 72.6 Å². The lowest BCUT2D eigenvalue weighted by atomic mass is 10.1. The summed E-state index contributed by atoms with van der Waals surface area (Å²) in [5.74, 6) is 0.0862. The second-order valence-corrected chi connectivity index (χ2v) is 3.08. The summed E-state index contributed by atoms with van der Waals surface area (Å²) in [6.07, 6.45) is 0. The van der Waals surface area contributed by atoms with Gasteiger partial charge in [-0.05, 0) is 39.3 Å². The first-order valence-corrected chi connectivity index (χ1v) is 3.98. The van der Waals surface area contributed by atoms with Crippen molar-refractivity contribution in [2.75, 3.05) is 0 Å². The van der Waals surface area contributed by atoms with Gasteiger partial charge in [0.2, 0.25) is 0 Å². The Hall–Kier alpha value is -1.18. The highest BCUT2D eigenvalue weighted by molar-refractivity contribution is 5.95. The maximum atomic E-state index is 11.1. The summed E-state index contributed by atoms with van der Waals surface area (Å²) in [6, 6.07) is 1.90. The molecule has 1 aromatic heterocycles. The standard InChI is InChI=1S/C10H13NO/c1-6-5-10(9(4)12)8(3)11-7(6)2/h5H,1-4H3. The van der Waals surface area contributed by atoms with Gasteiger partial charge in [-0.1, -0.05) is 0 Å². The predicted molar refractivity (Wildman–Crippen MR) is 48.5 cm³/mol. The second-order valence-electron chi connectivity index (χ2n) is 3.08. The topological polar surface area (TPSA) is 30.0 Å². The van der Waals surface area contributed by atoms with Crippen molar-refractivity contribution < 1.29 is 4.79 Å². The van der Waals surface area contributed by atoms with E-state index in [1.54, 1.807) is 6.92 Å². The SMILES string of the molecule is CC(=O)c1cc(C)c(C)nc1C. The van der Waals surface area contributed by atoms with Crippen LogP contribution in [0.25, 0.3) is 0 Å². The molecule has 12 heavy (non-hydrogen) atoms. The van der Waals surface area contributed by atoms with Crippen molar-refractivity contribution in [2.24, 2.45) is 0 Å². The summed E-state index contributed by atoms with van der Waals surface area (Å²) < 4.78 is 0. The van der Waals surface area contributed by atoms with Gasteiger partial charge in [0.25, 0.3) is 0 Å². The summed E-state index contributed by atoms with van der Waals surface area (Å²) >= 11 is 0. The molecule has 2 heteroatoms. The van der Waals surface area contributed by atoms with Crippen molar-refractivity contribution in [1.82, 2.24) is 4.98 Å². The first kappa shape index (κ1) is 8.91. The van der Waals surface area contributed by atoms with Gasteiger partial charge in [0.15, 0.2) is 5.78 Å². The monoisotopic (exact) mass is 163 g/mol. The number of aryl methyl sites for hydroxylation is 3. The van der Waals surface area contributed by atoms with Crippen LogP contribution in [-0.2, 0) is 0 Å². The average molecular weight is 163 g/mol. The number of pyridine rings is 1. The molecule has 1 heterocycles. The Morgan fingerprint density at radius 2 is 1.83 bits per heavy atom. The van der Waals surface area contributed by atoms with Crippen LogP contribution in [0.1, 0.15) is 34.2 Å². The fourth-order valence-electron chi connectivity index (χ4n) is 1.18. The van der Waals surface area contributed by atoms with Gasteiger partial charge in [-0.15, -0.1) is 0 Å². The van der Waals surface area contributed by atoms with Crippen LogP contribution in [0.3, 0.4) is 0 Å². The van der Waals surface area contributed by atoms with E-state index >= 15 is 0 Å². The molecule has 1 aromatic rings. The summed E-state index contributed by atoms with van der Waals surface area (Å²) in [5.41, 5.74) is 3.63. The number of hydrogen-bond donors (Lipinski definition) is 0. The molecular formula is C10H13NO. The molecule has 0 spiro atoms. The lowest BCUT2D eigenvalue weighted by Gasteiger charge is -2.04. The minimum absolute atomic E-state index is 0.0862. The van der Waals surface area contributed by atoms with Crippen molar-refractivity contribution in [1.29, 1.82) is 0 Å². The molecule has 0 unspecified atom stereocenters. The molecule has 0 N–H and O–H groups in total. The largest absolute Gasteiger partial charge is 0.294 e. The van der Waals surface area contributed by atoms with Crippen LogP contribution < -0.4 is 0 Å². The van der Waals surface area contributed by atoms with Gasteiger partial charge in [-0.3, -0.25) is 9.78 Å². The van der Waals surface area contributed by atoms with Crippen molar-refractivity contribution in [3.63, 3.8) is 0 Å². The van der Waals surface area contributed by atoms with Crippen LogP contribution in [0.2, 0.25) is 0 Å². The summed E-state index contributed by atoms with van der Waals surface area (Å²) in [5, 5.41) is 0. The van der Waals surface area contributed by atoms with Gasteiger partial charge < -0.3 is 0 Å². The van der Waals surface area contributed by atoms with Crippen LogP contribution in [0, 0.1) is 20.8 Å². The number of hydrogen-bond acceptors (Lipinski definition) is 2. The fourth-order valence-corrected chi connectivity index (χ4v) is 1.18. The average Bonchev–Trinajstić information content (AvgIpc) is 1.96. The van der Waals surface area contributed by atoms with E-state index in [4.69, 9.17) is 0 Å². The maximum Gasteiger partial charge on any atom is 0.161 e. The zero-order valence-corrected chi connectivity index (χ0v) is 7.93. The Morgan fingerprint density at radius 3 is 2.33 bits per heavy atom. The van der Waals surface area contributed by atoms with Crippen molar-refractivity contribution in [3.8, 4) is 0 Å². The summed E-state index contributed by atoms with van der Waals surface area (Å²) in [7, 11) is 0. The smallest absolute Gasteiger partial charge is 0.161 e. The molecule has 0 fully saturated rings. The van der Waals surface area contributed by atoms with E-state index in [1.165, 1.54) is 0 Å². The number of carbonyl (C=O) groups is 1. The molecule has 0 radical (unpaired) electrons. The molecule has 2 nitrogen and oxygen atoms in total. The molecule has 64 valence electrons.